The Hall–Kier alpha value is -3.39. The third-order valence-corrected chi connectivity index (χ3v) is 6.89. The molecule has 192 valence electrons. The molecule has 1 amide bonds. The molecule has 3 aromatic rings. The number of carbonyl (C=O) groups is 2. The van der Waals surface area contributed by atoms with E-state index in [1.807, 2.05) is 70.4 Å². The van der Waals surface area contributed by atoms with Crippen molar-refractivity contribution in [2.45, 2.75) is 51.6 Å². The summed E-state index contributed by atoms with van der Waals surface area (Å²) in [4.78, 5) is 34.6. The van der Waals surface area contributed by atoms with E-state index < -0.39 is 5.92 Å². The summed E-state index contributed by atoms with van der Waals surface area (Å²) < 4.78 is 12.7. The van der Waals surface area contributed by atoms with Crippen LogP contribution in [0, 0.1) is 0 Å². The smallest absolute Gasteiger partial charge is 0.414 e. The average Bonchev–Trinajstić information content (AvgIpc) is 3.23. The Labute approximate surface area is 212 Å². The third-order valence-electron chi connectivity index (χ3n) is 6.89. The van der Waals surface area contributed by atoms with Gasteiger partial charge in [-0.2, -0.15) is 0 Å². The minimum Gasteiger partial charge on any atom is -0.466 e. The van der Waals surface area contributed by atoms with Gasteiger partial charge in [0.25, 0.3) is 0 Å². The van der Waals surface area contributed by atoms with Crippen molar-refractivity contribution in [2.75, 3.05) is 39.3 Å². The molecule has 0 saturated carbocycles. The van der Waals surface area contributed by atoms with E-state index in [4.69, 9.17) is 14.5 Å². The predicted molar refractivity (Wildman–Crippen MR) is 140 cm³/mol. The number of benzene rings is 2. The molecule has 2 atom stereocenters. The average molecular weight is 493 g/mol. The highest BCUT2D eigenvalue weighted by Crippen LogP contribution is 2.37. The second-order valence-electron chi connectivity index (χ2n) is 9.56. The van der Waals surface area contributed by atoms with Crippen LogP contribution in [-0.2, 0) is 33.7 Å². The Morgan fingerprint density at radius 2 is 1.92 bits per heavy atom. The summed E-state index contributed by atoms with van der Waals surface area (Å²) in [5.74, 6) is 0.136. The lowest BCUT2D eigenvalue weighted by molar-refractivity contribution is -0.145. The highest BCUT2D eigenvalue weighted by Gasteiger charge is 2.32. The summed E-state index contributed by atoms with van der Waals surface area (Å²) in [6, 6.07) is 13.8. The molecule has 0 saturated heterocycles. The number of carbonyl (C=O) groups excluding carboxylic acids is 2. The van der Waals surface area contributed by atoms with Crippen LogP contribution in [0.2, 0.25) is 0 Å². The van der Waals surface area contributed by atoms with Crippen LogP contribution in [0.3, 0.4) is 0 Å². The van der Waals surface area contributed by atoms with E-state index in [0.717, 1.165) is 59.6 Å². The maximum atomic E-state index is 13.0. The first-order valence-electron chi connectivity index (χ1n) is 12.6. The molecule has 0 N–H and O–H groups in total. The Morgan fingerprint density at radius 1 is 1.17 bits per heavy atom. The van der Waals surface area contributed by atoms with E-state index in [1.54, 1.807) is 4.90 Å². The quantitative estimate of drug-likeness (QED) is 0.434. The van der Waals surface area contributed by atoms with Gasteiger partial charge >= 0.3 is 12.1 Å². The number of rotatable bonds is 8. The van der Waals surface area contributed by atoms with Gasteiger partial charge in [0, 0.05) is 31.1 Å². The van der Waals surface area contributed by atoms with Crippen molar-refractivity contribution in [3.8, 4) is 0 Å². The van der Waals surface area contributed by atoms with Crippen LogP contribution in [0.1, 0.15) is 43.1 Å². The fourth-order valence-electron chi connectivity index (χ4n) is 5.01. The predicted octanol–water partition coefficient (Wildman–Crippen LogP) is 4.39. The summed E-state index contributed by atoms with van der Waals surface area (Å²) in [5, 5.41) is 0. The van der Waals surface area contributed by atoms with Crippen molar-refractivity contribution in [3.05, 3.63) is 59.4 Å². The van der Waals surface area contributed by atoms with Gasteiger partial charge in [-0.25, -0.2) is 9.78 Å². The second kappa shape index (κ2) is 11.1. The number of likely N-dealkylation sites (N-methyl/N-ethyl adjacent to an activating group) is 1. The first kappa shape index (κ1) is 25.7. The topological polar surface area (TPSA) is 76.9 Å². The lowest BCUT2D eigenvalue weighted by atomic mass is 9.95. The fourth-order valence-corrected chi connectivity index (χ4v) is 5.01. The van der Waals surface area contributed by atoms with Crippen LogP contribution in [0.5, 0.6) is 0 Å². The van der Waals surface area contributed by atoms with Crippen LogP contribution >= 0.6 is 0 Å². The van der Waals surface area contributed by atoms with Gasteiger partial charge in [0.05, 0.1) is 36.4 Å². The van der Waals surface area contributed by atoms with Crippen molar-refractivity contribution in [3.63, 3.8) is 0 Å². The van der Waals surface area contributed by atoms with Crippen molar-refractivity contribution in [1.29, 1.82) is 0 Å². The maximum absolute atomic E-state index is 13.0. The van der Waals surface area contributed by atoms with Crippen LogP contribution in [0.15, 0.2) is 42.5 Å². The fraction of sp³-hybridized carbons (Fsp3) is 0.464. The first-order valence-corrected chi connectivity index (χ1v) is 12.6. The molecule has 1 unspecified atom stereocenters. The SMILES string of the molecule is CCOC(=O)C(Cc1nc2c3c(ccc2n1CCN(C)C)N(C(=O)OC)[C@@H](C)CC3)c1ccccc1. The van der Waals surface area contributed by atoms with Crippen molar-refractivity contribution in [2.24, 2.45) is 0 Å². The van der Waals surface area contributed by atoms with E-state index in [0.29, 0.717) is 13.0 Å². The maximum Gasteiger partial charge on any atom is 0.414 e. The highest BCUT2D eigenvalue weighted by atomic mass is 16.5. The Morgan fingerprint density at radius 3 is 2.58 bits per heavy atom. The molecule has 2 aromatic carbocycles. The molecule has 0 aliphatic carbocycles. The summed E-state index contributed by atoms with van der Waals surface area (Å²) in [7, 11) is 5.50. The molecule has 8 nitrogen and oxygen atoms in total. The summed E-state index contributed by atoms with van der Waals surface area (Å²) in [5.41, 5.74) is 4.71. The van der Waals surface area contributed by atoms with E-state index in [-0.39, 0.29) is 18.1 Å². The van der Waals surface area contributed by atoms with Gasteiger partial charge in [0.15, 0.2) is 0 Å². The number of fused-ring (bicyclic) bond motifs is 3. The summed E-state index contributed by atoms with van der Waals surface area (Å²) >= 11 is 0. The number of anilines is 1. The number of imidazole rings is 1. The molecular weight excluding hydrogens is 456 g/mol. The van der Waals surface area contributed by atoms with Gasteiger partial charge in [-0.1, -0.05) is 30.3 Å². The van der Waals surface area contributed by atoms with Gasteiger partial charge in [0.2, 0.25) is 0 Å². The molecule has 1 aromatic heterocycles. The number of nitrogens with zero attached hydrogens (tertiary/aromatic N) is 4. The zero-order valence-corrected chi connectivity index (χ0v) is 21.9. The third kappa shape index (κ3) is 5.09. The number of aryl methyl sites for hydroxylation is 1. The number of hydrogen-bond acceptors (Lipinski definition) is 6. The van der Waals surface area contributed by atoms with Crippen molar-refractivity contribution >= 4 is 28.8 Å². The molecule has 8 heteroatoms. The molecule has 1 aliphatic rings. The molecule has 0 spiro atoms. The minimum absolute atomic E-state index is 0.0453. The first-order chi connectivity index (χ1) is 17.3. The van der Waals surface area contributed by atoms with E-state index in [1.165, 1.54) is 7.11 Å². The van der Waals surface area contributed by atoms with Crippen LogP contribution in [0.4, 0.5) is 10.5 Å². The van der Waals surface area contributed by atoms with E-state index >= 15 is 0 Å². The molecule has 0 radical (unpaired) electrons. The molecule has 0 bridgehead atoms. The van der Waals surface area contributed by atoms with E-state index in [2.05, 4.69) is 9.47 Å². The zero-order chi connectivity index (χ0) is 25.8. The van der Waals surface area contributed by atoms with Crippen LogP contribution in [0.25, 0.3) is 11.0 Å². The number of esters is 1. The molecule has 2 heterocycles. The number of aromatic nitrogens is 2. The largest absolute Gasteiger partial charge is 0.466 e. The van der Waals surface area contributed by atoms with Gasteiger partial charge < -0.3 is 18.9 Å². The molecule has 0 fully saturated rings. The van der Waals surface area contributed by atoms with Crippen LogP contribution < -0.4 is 4.90 Å². The molecule has 36 heavy (non-hydrogen) atoms. The lowest BCUT2D eigenvalue weighted by Gasteiger charge is -2.34. The monoisotopic (exact) mass is 492 g/mol. The number of amides is 1. The van der Waals surface area contributed by atoms with E-state index in [9.17, 15) is 9.59 Å². The molecular formula is C28H36N4O4. The summed E-state index contributed by atoms with van der Waals surface area (Å²) in [6.45, 7) is 5.76. The Kier molecular flexibility index (Phi) is 7.94. The molecule has 4 rings (SSSR count). The van der Waals surface area contributed by atoms with Gasteiger partial charge in [-0.05, 0) is 58.5 Å². The normalized spacial score (nSPS) is 16.2. The molecule has 1 aliphatic heterocycles. The Balaban J connectivity index is 1.83. The Bertz CT molecular complexity index is 1220. The van der Waals surface area contributed by atoms with Crippen molar-refractivity contribution in [1.82, 2.24) is 14.5 Å². The van der Waals surface area contributed by atoms with Crippen LogP contribution in [-0.4, -0.2) is 66.9 Å². The number of methoxy groups -OCH3 is 1. The zero-order valence-electron chi connectivity index (χ0n) is 21.9. The van der Waals surface area contributed by atoms with Gasteiger partial charge in [-0.3, -0.25) is 9.69 Å². The number of hydrogen-bond donors (Lipinski definition) is 0. The highest BCUT2D eigenvalue weighted by molar-refractivity contribution is 5.95. The van der Waals surface area contributed by atoms with Gasteiger partial charge in [-0.15, -0.1) is 0 Å². The standard InChI is InChI=1S/C28H36N4O4/c1-6-36-27(33)22(20-10-8-7-9-11-20)18-25-29-26-21-13-12-19(2)32(28(34)35-5)23(21)14-15-24(26)31(25)17-16-30(3)4/h7-11,14-15,19,22H,6,12-13,16-18H2,1-5H3/t19-,22?/m0/s1. The number of ether oxygens (including phenoxy) is 2. The second-order valence-corrected chi connectivity index (χ2v) is 9.56. The minimum atomic E-state index is -0.455. The lowest BCUT2D eigenvalue weighted by Crippen LogP contribution is -2.42. The summed E-state index contributed by atoms with van der Waals surface area (Å²) in [6.07, 6.45) is 1.72. The van der Waals surface area contributed by atoms with Gasteiger partial charge in [0.1, 0.15) is 5.82 Å². The van der Waals surface area contributed by atoms with Crippen molar-refractivity contribution < 1.29 is 19.1 Å².